The first-order valence-corrected chi connectivity index (χ1v) is 10.5. The van der Waals surface area contributed by atoms with Crippen molar-refractivity contribution < 1.29 is 29.3 Å². The molecule has 3 amide bonds. The molecule has 0 radical (unpaired) electrons. The van der Waals surface area contributed by atoms with Crippen LogP contribution in [-0.4, -0.2) is 118 Å². The summed E-state index contributed by atoms with van der Waals surface area (Å²) < 4.78 is 7.41. The molecule has 3 aliphatic rings. The van der Waals surface area contributed by atoms with Crippen molar-refractivity contribution in [2.24, 2.45) is 7.05 Å². The van der Waals surface area contributed by atoms with Crippen LogP contribution in [0.5, 0.6) is 5.75 Å². The summed E-state index contributed by atoms with van der Waals surface area (Å²) in [6.07, 6.45) is -0.556. The number of nitrogens with one attached hydrogen (secondary N) is 1. The molecule has 2 aromatic rings. The number of aliphatic carboxylic acids is 1. The zero-order valence-corrected chi connectivity index (χ0v) is 17.4. The van der Waals surface area contributed by atoms with Crippen LogP contribution in [0.4, 0.5) is 10.5 Å². The number of carboxylic acids is 1. The molecule has 168 valence electrons. The zero-order chi connectivity index (χ0) is 22.6. The van der Waals surface area contributed by atoms with E-state index in [2.05, 4.69) is 20.8 Å². The molecule has 0 aliphatic carbocycles. The third-order valence-electron chi connectivity index (χ3n) is 5.50. The second-order valence-corrected chi connectivity index (χ2v) is 8.32. The van der Waals surface area contributed by atoms with Gasteiger partial charge in [-0.2, -0.15) is 0 Å². The number of ether oxygens (including phenoxy) is 1. The molecular formula is C18H18N7NaO6S. The number of β-lactam (4-membered cyclic amide) rings is 1. The summed E-state index contributed by atoms with van der Waals surface area (Å²) in [7, 11) is 1.65. The first kappa shape index (κ1) is 23.4. The Kier molecular flexibility index (Phi) is 6.26. The van der Waals surface area contributed by atoms with Gasteiger partial charge in [0, 0.05) is 12.7 Å². The maximum absolute atomic E-state index is 12.9. The summed E-state index contributed by atoms with van der Waals surface area (Å²) in [5.74, 6) is -1.47. The number of phenols is 1. The fourth-order valence-electron chi connectivity index (χ4n) is 4.08. The molecule has 2 fully saturated rings. The number of hydrogen-bond donors (Lipinski definition) is 3. The third kappa shape index (κ3) is 3.92. The fourth-order valence-corrected chi connectivity index (χ4v) is 4.87. The first-order chi connectivity index (χ1) is 15.3. The van der Waals surface area contributed by atoms with Crippen molar-refractivity contribution in [3.63, 3.8) is 0 Å². The normalized spacial score (nSPS) is 22.8. The number of thioether (sulfide) groups is 1. The number of tetrazole rings is 1. The Hall–Kier alpha value is -2.81. The van der Waals surface area contributed by atoms with Gasteiger partial charge in [0.1, 0.15) is 29.7 Å². The Morgan fingerprint density at radius 2 is 2.03 bits per heavy atom. The topological polar surface area (TPSA) is 163 Å². The van der Waals surface area contributed by atoms with Gasteiger partial charge in [-0.15, -0.1) is 5.10 Å². The van der Waals surface area contributed by atoms with E-state index in [9.17, 15) is 24.6 Å². The number of hydrogen-bond acceptors (Lipinski definition) is 9. The van der Waals surface area contributed by atoms with Crippen LogP contribution in [-0.2, 0) is 21.4 Å². The average Bonchev–Trinajstić information content (AvgIpc) is 3.34. The van der Waals surface area contributed by atoms with Crippen molar-refractivity contribution in [1.82, 2.24) is 30.0 Å². The summed E-state index contributed by atoms with van der Waals surface area (Å²) >= 11 is 1.18. The van der Waals surface area contributed by atoms with Crippen LogP contribution >= 0.6 is 11.8 Å². The number of aromatic hydroxyl groups is 1. The predicted molar refractivity (Wildman–Crippen MR) is 114 cm³/mol. The number of amides is 3. The minimum atomic E-state index is -1.28. The second kappa shape index (κ2) is 8.85. The monoisotopic (exact) mass is 483 g/mol. The summed E-state index contributed by atoms with van der Waals surface area (Å²) in [6, 6.07) is 4.04. The van der Waals surface area contributed by atoms with E-state index < -0.39 is 36.1 Å². The van der Waals surface area contributed by atoms with E-state index in [0.29, 0.717) is 10.8 Å². The van der Waals surface area contributed by atoms with Crippen molar-refractivity contribution in [1.29, 1.82) is 0 Å². The van der Waals surface area contributed by atoms with Gasteiger partial charge in [-0.3, -0.25) is 9.69 Å². The van der Waals surface area contributed by atoms with E-state index in [1.54, 1.807) is 7.05 Å². The fraction of sp³-hybridized carbons (Fsp3) is 0.333. The summed E-state index contributed by atoms with van der Waals surface area (Å²) in [6.45, 7) is 0.119. The standard InChI is InChI=1S/C18H17N7O6S.Na.H/c1-23-18(20-21-22-23)32-7-11-13(16(28)29)25-12-10(31-11)6-24(14(12)15(25)27)17(30)19-8-2-4-9(26)5-3-8;;/h2-5,10,12,14,26H,6-7H2,1H3,(H,19,30)(H,28,29);;/t10-,12-,14+;;/m1../s1. The third-order valence-corrected chi connectivity index (χ3v) is 6.51. The molecule has 0 spiro atoms. The molecule has 4 heterocycles. The SMILES string of the molecule is Cn1nnnc1SCC1=C(C(=O)O)N2C(=O)[C@@H]3[C@H]2[C@@H](CN3C(=O)Nc2ccc(O)cc2)O1.[NaH]. The summed E-state index contributed by atoms with van der Waals surface area (Å²) in [5, 5.41) is 33.4. The zero-order valence-electron chi connectivity index (χ0n) is 16.6. The molecule has 3 aliphatic heterocycles. The molecule has 0 unspecified atom stereocenters. The van der Waals surface area contributed by atoms with Crippen molar-refractivity contribution in [3.8, 4) is 5.75 Å². The number of carboxylic acid groups (broad SMARTS) is 1. The Bertz CT molecular complexity index is 1160. The Morgan fingerprint density at radius 1 is 1.30 bits per heavy atom. The summed E-state index contributed by atoms with van der Waals surface area (Å²) in [4.78, 5) is 40.2. The van der Waals surface area contributed by atoms with Gasteiger partial charge in [-0.1, -0.05) is 11.8 Å². The van der Waals surface area contributed by atoms with Gasteiger partial charge in [-0.25, -0.2) is 14.3 Å². The van der Waals surface area contributed by atoms with Crippen molar-refractivity contribution >= 4 is 64.9 Å². The molecule has 1 aromatic carbocycles. The number of nitrogens with zero attached hydrogens (tertiary/aromatic N) is 6. The van der Waals surface area contributed by atoms with E-state index in [4.69, 9.17) is 4.74 Å². The first-order valence-electron chi connectivity index (χ1n) is 9.53. The predicted octanol–water partition coefficient (Wildman–Crippen LogP) is -0.819. The number of aryl methyl sites for hydroxylation is 1. The van der Waals surface area contributed by atoms with E-state index in [-0.39, 0.29) is 59.1 Å². The molecule has 3 atom stereocenters. The minimum absolute atomic E-state index is 0. The molecular weight excluding hydrogens is 465 g/mol. The second-order valence-electron chi connectivity index (χ2n) is 7.38. The number of carbonyl (C=O) groups is 3. The van der Waals surface area contributed by atoms with Crippen LogP contribution in [0.1, 0.15) is 0 Å². The Labute approximate surface area is 213 Å². The van der Waals surface area contributed by atoms with Crippen molar-refractivity contribution in [2.75, 3.05) is 17.6 Å². The van der Waals surface area contributed by atoms with Crippen LogP contribution in [0, 0.1) is 0 Å². The average molecular weight is 483 g/mol. The molecule has 15 heteroatoms. The number of likely N-dealkylation sites (tertiary alicyclic amines) is 1. The van der Waals surface area contributed by atoms with Crippen LogP contribution in [0.3, 0.4) is 0 Å². The molecule has 0 bridgehead atoms. The van der Waals surface area contributed by atoms with E-state index in [1.165, 1.54) is 50.5 Å². The van der Waals surface area contributed by atoms with Crippen LogP contribution in [0.2, 0.25) is 0 Å². The van der Waals surface area contributed by atoms with E-state index in [1.807, 2.05) is 0 Å². The Balaban J connectivity index is 0.00000259. The van der Waals surface area contributed by atoms with E-state index >= 15 is 0 Å². The molecule has 5 rings (SSSR count). The van der Waals surface area contributed by atoms with Crippen molar-refractivity contribution in [3.05, 3.63) is 35.7 Å². The molecule has 0 saturated carbocycles. The van der Waals surface area contributed by atoms with Gasteiger partial charge in [0.25, 0.3) is 5.91 Å². The van der Waals surface area contributed by atoms with Crippen molar-refractivity contribution in [2.45, 2.75) is 23.3 Å². The quantitative estimate of drug-likeness (QED) is 0.212. The molecule has 33 heavy (non-hydrogen) atoms. The van der Waals surface area contributed by atoms with Gasteiger partial charge < -0.3 is 25.2 Å². The molecule has 13 nitrogen and oxygen atoms in total. The number of aromatic nitrogens is 4. The van der Waals surface area contributed by atoms with E-state index in [0.717, 1.165) is 0 Å². The van der Waals surface area contributed by atoms with Gasteiger partial charge in [0.2, 0.25) is 5.16 Å². The summed E-state index contributed by atoms with van der Waals surface area (Å²) in [5.41, 5.74) is 0.224. The number of benzene rings is 1. The number of rotatable bonds is 5. The maximum atomic E-state index is 12.9. The number of phenolic OH excluding ortho intramolecular Hbond substituents is 1. The van der Waals surface area contributed by atoms with Gasteiger partial charge in [0.05, 0.1) is 12.3 Å². The van der Waals surface area contributed by atoms with Gasteiger partial charge >= 0.3 is 41.6 Å². The van der Waals surface area contributed by atoms with Crippen LogP contribution in [0.25, 0.3) is 0 Å². The Morgan fingerprint density at radius 3 is 2.67 bits per heavy atom. The number of urea groups is 1. The number of anilines is 1. The van der Waals surface area contributed by atoms with Gasteiger partial charge in [0.15, 0.2) is 5.70 Å². The van der Waals surface area contributed by atoms with Gasteiger partial charge in [-0.05, 0) is 34.7 Å². The molecule has 3 N–H and O–H groups in total. The molecule has 1 aromatic heterocycles. The van der Waals surface area contributed by atoms with Crippen LogP contribution < -0.4 is 5.32 Å². The molecule has 2 saturated heterocycles. The van der Waals surface area contributed by atoms with Crippen LogP contribution in [0.15, 0.2) is 40.9 Å². The number of carbonyl (C=O) groups excluding carboxylic acids is 2.